The summed E-state index contributed by atoms with van der Waals surface area (Å²) in [4.78, 5) is 16.9. The molecule has 2 N–H and O–H groups in total. The Morgan fingerprint density at radius 2 is 2.29 bits per heavy atom. The van der Waals surface area contributed by atoms with Crippen LogP contribution >= 0.6 is 11.8 Å². The first kappa shape index (κ1) is 13.2. The van der Waals surface area contributed by atoms with Crippen molar-refractivity contribution in [1.82, 2.24) is 9.80 Å². The van der Waals surface area contributed by atoms with Gasteiger partial charge in [0.05, 0.1) is 10.8 Å². The van der Waals surface area contributed by atoms with Crippen molar-refractivity contribution >= 4 is 17.7 Å². The minimum Gasteiger partial charge on any atom is -0.335 e. The lowest BCUT2D eigenvalue weighted by atomic mass is 10.0. The van der Waals surface area contributed by atoms with Crippen molar-refractivity contribution in [3.05, 3.63) is 0 Å². The van der Waals surface area contributed by atoms with Gasteiger partial charge in [-0.25, -0.2) is 0 Å². The Labute approximate surface area is 108 Å². The third kappa shape index (κ3) is 2.61. The molecule has 2 unspecified atom stereocenters. The summed E-state index contributed by atoms with van der Waals surface area (Å²) >= 11 is 1.81. The zero-order valence-electron chi connectivity index (χ0n) is 10.8. The third-order valence-electron chi connectivity index (χ3n) is 3.89. The molecule has 0 aromatic rings. The average Bonchev–Trinajstić information content (AvgIpc) is 2.76. The Balaban J connectivity index is 2.07. The number of rotatable bonds is 2. The van der Waals surface area contributed by atoms with Gasteiger partial charge in [-0.15, -0.1) is 11.8 Å². The Kier molecular flexibility index (Phi) is 4.00. The predicted molar refractivity (Wildman–Crippen MR) is 72.1 cm³/mol. The highest BCUT2D eigenvalue weighted by molar-refractivity contribution is 8.01. The van der Waals surface area contributed by atoms with Crippen LogP contribution in [0.4, 0.5) is 0 Å². The first-order chi connectivity index (χ1) is 8.07. The molecule has 0 aromatic carbocycles. The van der Waals surface area contributed by atoms with Gasteiger partial charge in [-0.05, 0) is 32.6 Å². The normalized spacial score (nSPS) is 35.2. The zero-order chi connectivity index (χ0) is 12.5. The monoisotopic (exact) mass is 257 g/mol. The molecule has 0 radical (unpaired) electrons. The maximum atomic E-state index is 12.6. The molecular weight excluding hydrogens is 234 g/mol. The molecule has 98 valence electrons. The largest absolute Gasteiger partial charge is 0.335 e. The second-order valence-electron chi connectivity index (χ2n) is 5.33. The average molecular weight is 257 g/mol. The minimum absolute atomic E-state index is 0.191. The molecule has 17 heavy (non-hydrogen) atoms. The molecule has 2 atom stereocenters. The molecule has 5 heteroatoms. The van der Waals surface area contributed by atoms with Crippen molar-refractivity contribution in [2.24, 2.45) is 5.73 Å². The van der Waals surface area contributed by atoms with Gasteiger partial charge in [0, 0.05) is 26.2 Å². The summed E-state index contributed by atoms with van der Waals surface area (Å²) in [7, 11) is 2.09. The first-order valence-electron chi connectivity index (χ1n) is 6.40. The van der Waals surface area contributed by atoms with Crippen LogP contribution in [0.25, 0.3) is 0 Å². The van der Waals surface area contributed by atoms with E-state index >= 15 is 0 Å². The highest BCUT2D eigenvalue weighted by atomic mass is 32.2. The molecule has 2 rings (SSSR count). The van der Waals surface area contributed by atoms with Gasteiger partial charge < -0.3 is 15.5 Å². The summed E-state index contributed by atoms with van der Waals surface area (Å²) in [6, 6.07) is 0.194. The van der Waals surface area contributed by atoms with Crippen LogP contribution in [0.5, 0.6) is 0 Å². The van der Waals surface area contributed by atoms with Crippen molar-refractivity contribution in [3.8, 4) is 0 Å². The first-order valence-corrected chi connectivity index (χ1v) is 7.39. The number of nitrogens with two attached hydrogens (primary N) is 1. The van der Waals surface area contributed by atoms with Crippen LogP contribution in [0.3, 0.4) is 0 Å². The van der Waals surface area contributed by atoms with Gasteiger partial charge in [-0.2, -0.15) is 0 Å². The number of carbonyl (C=O) groups excluding carboxylic acids is 1. The van der Waals surface area contributed by atoms with Crippen molar-refractivity contribution < 1.29 is 4.79 Å². The molecule has 0 saturated carbocycles. The lowest BCUT2D eigenvalue weighted by Gasteiger charge is -2.42. The van der Waals surface area contributed by atoms with Crippen LogP contribution < -0.4 is 5.73 Å². The molecule has 1 amide bonds. The molecule has 0 aliphatic carbocycles. The molecule has 0 spiro atoms. The SMILES string of the molecule is CN1CCN(C(=O)C2(C)CCCS2)C(CN)C1. The Bertz CT molecular complexity index is 291. The highest BCUT2D eigenvalue weighted by Crippen LogP contribution is 2.39. The van der Waals surface area contributed by atoms with Crippen molar-refractivity contribution in [3.63, 3.8) is 0 Å². The van der Waals surface area contributed by atoms with E-state index in [4.69, 9.17) is 5.73 Å². The van der Waals surface area contributed by atoms with E-state index in [9.17, 15) is 4.79 Å². The molecule has 2 aliphatic heterocycles. The predicted octanol–water partition coefficient (Wildman–Crippen LogP) is 0.373. The summed E-state index contributed by atoms with van der Waals surface area (Å²) in [6.07, 6.45) is 2.17. The quantitative estimate of drug-likeness (QED) is 0.777. The van der Waals surface area contributed by atoms with Gasteiger partial charge in [0.2, 0.25) is 5.91 Å². The van der Waals surface area contributed by atoms with E-state index in [1.165, 1.54) is 0 Å². The van der Waals surface area contributed by atoms with Crippen molar-refractivity contribution in [2.75, 3.05) is 39.0 Å². The topological polar surface area (TPSA) is 49.6 Å². The summed E-state index contributed by atoms with van der Waals surface area (Å²) in [5.74, 6) is 1.42. The summed E-state index contributed by atoms with van der Waals surface area (Å²) < 4.78 is -0.191. The maximum absolute atomic E-state index is 12.6. The van der Waals surface area contributed by atoms with Crippen LogP contribution in [0, 0.1) is 0 Å². The van der Waals surface area contributed by atoms with E-state index in [0.29, 0.717) is 12.5 Å². The lowest BCUT2D eigenvalue weighted by molar-refractivity contribution is -0.137. The molecule has 2 aliphatic rings. The number of amides is 1. The Morgan fingerprint density at radius 1 is 1.53 bits per heavy atom. The molecule has 0 bridgehead atoms. The van der Waals surface area contributed by atoms with Gasteiger partial charge in [0.1, 0.15) is 0 Å². The van der Waals surface area contributed by atoms with E-state index < -0.39 is 0 Å². The van der Waals surface area contributed by atoms with Crippen LogP contribution in [0.1, 0.15) is 19.8 Å². The van der Waals surface area contributed by atoms with Crippen LogP contribution in [-0.4, -0.2) is 65.5 Å². The second-order valence-corrected chi connectivity index (χ2v) is 6.93. The van der Waals surface area contributed by atoms with Crippen molar-refractivity contribution in [2.45, 2.75) is 30.6 Å². The third-order valence-corrected chi connectivity index (χ3v) is 5.40. The molecule has 2 fully saturated rings. The maximum Gasteiger partial charge on any atom is 0.238 e. The lowest BCUT2D eigenvalue weighted by Crippen LogP contribution is -2.60. The van der Waals surface area contributed by atoms with Gasteiger partial charge in [0.15, 0.2) is 0 Å². The van der Waals surface area contributed by atoms with Crippen LogP contribution in [0.15, 0.2) is 0 Å². The zero-order valence-corrected chi connectivity index (χ0v) is 11.6. The highest BCUT2D eigenvalue weighted by Gasteiger charge is 2.42. The van der Waals surface area contributed by atoms with E-state index in [-0.39, 0.29) is 10.8 Å². The van der Waals surface area contributed by atoms with E-state index in [2.05, 4.69) is 18.9 Å². The summed E-state index contributed by atoms with van der Waals surface area (Å²) in [6.45, 7) is 5.36. The standard InChI is InChI=1S/C12H23N3OS/c1-12(4-3-7-17-12)11(16)15-6-5-14(2)9-10(15)8-13/h10H,3-9,13H2,1-2H3. The summed E-state index contributed by atoms with van der Waals surface area (Å²) in [5, 5.41) is 0. The molecular formula is C12H23N3OS. The van der Waals surface area contributed by atoms with Gasteiger partial charge in [0.25, 0.3) is 0 Å². The van der Waals surface area contributed by atoms with Crippen LogP contribution in [-0.2, 0) is 4.79 Å². The number of hydrogen-bond acceptors (Lipinski definition) is 4. The fourth-order valence-corrected chi connectivity index (χ4v) is 4.00. The fourth-order valence-electron chi connectivity index (χ4n) is 2.73. The Hall–Kier alpha value is -0.260. The molecule has 2 heterocycles. The van der Waals surface area contributed by atoms with Gasteiger partial charge in [-0.1, -0.05) is 0 Å². The number of likely N-dealkylation sites (N-methyl/N-ethyl adjacent to an activating group) is 1. The van der Waals surface area contributed by atoms with Crippen molar-refractivity contribution in [1.29, 1.82) is 0 Å². The smallest absolute Gasteiger partial charge is 0.238 e. The Morgan fingerprint density at radius 3 is 2.88 bits per heavy atom. The van der Waals surface area contributed by atoms with Gasteiger partial charge >= 0.3 is 0 Å². The minimum atomic E-state index is -0.191. The van der Waals surface area contributed by atoms with E-state index in [1.54, 1.807) is 0 Å². The number of piperazine rings is 1. The fraction of sp³-hybridized carbons (Fsp3) is 0.917. The molecule has 0 aromatic heterocycles. The number of thioether (sulfide) groups is 1. The van der Waals surface area contributed by atoms with E-state index in [1.807, 2.05) is 16.7 Å². The van der Waals surface area contributed by atoms with E-state index in [0.717, 1.165) is 38.2 Å². The molecule has 2 saturated heterocycles. The number of nitrogens with zero attached hydrogens (tertiary/aromatic N) is 2. The summed E-state index contributed by atoms with van der Waals surface area (Å²) in [5.41, 5.74) is 5.81. The van der Waals surface area contributed by atoms with Crippen LogP contribution in [0.2, 0.25) is 0 Å². The second kappa shape index (κ2) is 5.16. The number of carbonyl (C=O) groups is 1. The number of hydrogen-bond donors (Lipinski definition) is 1. The molecule has 4 nitrogen and oxygen atoms in total. The van der Waals surface area contributed by atoms with Gasteiger partial charge in [-0.3, -0.25) is 4.79 Å².